The minimum atomic E-state index is -0.248. The number of benzene rings is 2. The number of carbonyl (C=O) groups excluding carboxylic acids is 1. The molecule has 4 rings (SSSR count). The van der Waals surface area contributed by atoms with E-state index in [1.165, 1.54) is 17.4 Å². The number of hydrogen-bond donors (Lipinski definition) is 0. The van der Waals surface area contributed by atoms with Crippen LogP contribution in [-0.4, -0.2) is 64.1 Å². The highest BCUT2D eigenvalue weighted by atomic mass is 32.2. The molecule has 0 spiro atoms. The second-order valence-electron chi connectivity index (χ2n) is 7.09. The van der Waals surface area contributed by atoms with Crippen molar-refractivity contribution in [3.63, 3.8) is 0 Å². The Bertz CT molecular complexity index is 986. The van der Waals surface area contributed by atoms with Gasteiger partial charge >= 0.3 is 0 Å². The Morgan fingerprint density at radius 1 is 1.03 bits per heavy atom. The lowest BCUT2D eigenvalue weighted by Crippen LogP contribution is -2.50. The Kier molecular flexibility index (Phi) is 6.23. The van der Waals surface area contributed by atoms with Gasteiger partial charge < -0.3 is 14.5 Å². The number of thioether (sulfide) groups is 1. The number of methoxy groups -OCH3 is 1. The Balaban J connectivity index is 1.38. The van der Waals surface area contributed by atoms with Crippen molar-refractivity contribution >= 4 is 23.4 Å². The molecule has 30 heavy (non-hydrogen) atoms. The maximum atomic E-state index is 13.0. The number of carbonyl (C=O) groups is 1. The number of anilines is 1. The largest absolute Gasteiger partial charge is 0.497 e. The van der Waals surface area contributed by atoms with Gasteiger partial charge in [-0.05, 0) is 31.2 Å². The molecule has 156 valence electrons. The van der Waals surface area contributed by atoms with E-state index in [0.29, 0.717) is 5.16 Å². The molecule has 0 bridgehead atoms. The van der Waals surface area contributed by atoms with Crippen LogP contribution in [0.2, 0.25) is 0 Å². The average Bonchev–Trinajstić information content (AvgIpc) is 3.27. The van der Waals surface area contributed by atoms with E-state index in [4.69, 9.17) is 4.74 Å². The van der Waals surface area contributed by atoms with Crippen molar-refractivity contribution in [1.82, 2.24) is 19.7 Å². The van der Waals surface area contributed by atoms with Crippen molar-refractivity contribution in [3.05, 3.63) is 60.9 Å². The zero-order valence-electron chi connectivity index (χ0n) is 17.1. The van der Waals surface area contributed by atoms with E-state index in [9.17, 15) is 4.79 Å². The van der Waals surface area contributed by atoms with Crippen molar-refractivity contribution in [2.75, 3.05) is 38.2 Å². The molecule has 2 aromatic carbocycles. The normalized spacial score (nSPS) is 15.1. The van der Waals surface area contributed by atoms with Crippen molar-refractivity contribution in [2.45, 2.75) is 17.3 Å². The van der Waals surface area contributed by atoms with Crippen LogP contribution in [0.4, 0.5) is 5.69 Å². The molecule has 0 N–H and O–H groups in total. The Labute approximate surface area is 180 Å². The molecule has 0 saturated carbocycles. The zero-order valence-corrected chi connectivity index (χ0v) is 18.0. The summed E-state index contributed by atoms with van der Waals surface area (Å²) in [6.45, 7) is 5.06. The highest BCUT2D eigenvalue weighted by molar-refractivity contribution is 8.00. The topological polar surface area (TPSA) is 63.5 Å². The monoisotopic (exact) mass is 423 g/mol. The maximum Gasteiger partial charge on any atom is 0.236 e. The summed E-state index contributed by atoms with van der Waals surface area (Å²) in [6, 6.07) is 18.0. The van der Waals surface area contributed by atoms with E-state index < -0.39 is 0 Å². The smallest absolute Gasteiger partial charge is 0.236 e. The van der Waals surface area contributed by atoms with Crippen LogP contribution in [0.15, 0.2) is 66.1 Å². The summed E-state index contributed by atoms with van der Waals surface area (Å²) < 4.78 is 7.19. The lowest BCUT2D eigenvalue weighted by Gasteiger charge is -2.37. The van der Waals surface area contributed by atoms with E-state index in [1.807, 2.05) is 58.9 Å². The lowest BCUT2D eigenvalue weighted by molar-refractivity contribution is -0.130. The predicted octanol–water partition coefficient (Wildman–Crippen LogP) is 3.11. The first-order chi connectivity index (χ1) is 14.7. The third-order valence-corrected chi connectivity index (χ3v) is 6.23. The molecular formula is C22H25N5O2S. The molecule has 1 aromatic heterocycles. The highest BCUT2D eigenvalue weighted by Crippen LogP contribution is 2.27. The molecule has 2 heterocycles. The van der Waals surface area contributed by atoms with Crippen LogP contribution in [-0.2, 0) is 4.79 Å². The van der Waals surface area contributed by atoms with Gasteiger partial charge in [-0.2, -0.15) is 0 Å². The standard InChI is InChI=1S/C22H25N5O2S/c1-17(21(28)26-13-11-25(12-14-26)18-7-4-3-5-8-18)30-22-24-23-16-27(22)19-9-6-10-20(15-19)29-2/h3-10,15-17H,11-14H2,1-2H3/t17-/m1/s1. The molecule has 1 saturated heterocycles. The summed E-state index contributed by atoms with van der Waals surface area (Å²) in [5.74, 6) is 0.894. The average molecular weight is 424 g/mol. The summed E-state index contributed by atoms with van der Waals surface area (Å²) in [5, 5.41) is 8.70. The third-order valence-electron chi connectivity index (χ3n) is 5.19. The summed E-state index contributed by atoms with van der Waals surface area (Å²) in [5.41, 5.74) is 2.11. The Morgan fingerprint density at radius 2 is 1.77 bits per heavy atom. The van der Waals surface area contributed by atoms with Gasteiger partial charge in [-0.25, -0.2) is 0 Å². The predicted molar refractivity (Wildman–Crippen MR) is 118 cm³/mol. The molecule has 3 aromatic rings. The maximum absolute atomic E-state index is 13.0. The quantitative estimate of drug-likeness (QED) is 0.568. The van der Waals surface area contributed by atoms with Gasteiger partial charge in [0.1, 0.15) is 12.1 Å². The first-order valence-corrected chi connectivity index (χ1v) is 10.8. The number of piperazine rings is 1. The number of ether oxygens (including phenoxy) is 1. The molecule has 1 atom stereocenters. The van der Waals surface area contributed by atoms with E-state index in [0.717, 1.165) is 37.6 Å². The van der Waals surface area contributed by atoms with Crippen LogP contribution < -0.4 is 9.64 Å². The minimum Gasteiger partial charge on any atom is -0.497 e. The fourth-order valence-corrected chi connectivity index (χ4v) is 4.46. The van der Waals surface area contributed by atoms with Crippen molar-refractivity contribution in [2.24, 2.45) is 0 Å². The van der Waals surface area contributed by atoms with Gasteiger partial charge in [0.05, 0.1) is 18.0 Å². The van der Waals surface area contributed by atoms with Gasteiger partial charge in [-0.3, -0.25) is 9.36 Å². The van der Waals surface area contributed by atoms with Crippen LogP contribution in [0.25, 0.3) is 5.69 Å². The second-order valence-corrected chi connectivity index (χ2v) is 8.40. The summed E-state index contributed by atoms with van der Waals surface area (Å²) in [7, 11) is 1.64. The third kappa shape index (κ3) is 4.43. The number of rotatable bonds is 6. The zero-order chi connectivity index (χ0) is 20.9. The number of hydrogen-bond acceptors (Lipinski definition) is 6. The number of para-hydroxylation sites is 1. The molecule has 8 heteroatoms. The minimum absolute atomic E-state index is 0.132. The molecule has 1 fully saturated rings. The second kappa shape index (κ2) is 9.21. The lowest BCUT2D eigenvalue weighted by atomic mass is 10.2. The van der Waals surface area contributed by atoms with Gasteiger partial charge in [0.15, 0.2) is 5.16 Å². The van der Waals surface area contributed by atoms with Crippen LogP contribution in [0, 0.1) is 0 Å². The Hall–Kier alpha value is -3.00. The van der Waals surface area contributed by atoms with Crippen LogP contribution in [0.3, 0.4) is 0 Å². The fraction of sp³-hybridized carbons (Fsp3) is 0.318. The molecule has 0 unspecified atom stereocenters. The van der Waals surface area contributed by atoms with Gasteiger partial charge in [0, 0.05) is 37.9 Å². The first-order valence-electron chi connectivity index (χ1n) is 9.95. The van der Waals surface area contributed by atoms with Crippen molar-refractivity contribution < 1.29 is 9.53 Å². The van der Waals surface area contributed by atoms with Gasteiger partial charge in [0.2, 0.25) is 5.91 Å². The molecule has 1 aliphatic heterocycles. The van der Waals surface area contributed by atoms with E-state index in [1.54, 1.807) is 13.4 Å². The van der Waals surface area contributed by atoms with E-state index >= 15 is 0 Å². The molecule has 1 aliphatic rings. The van der Waals surface area contributed by atoms with Gasteiger partial charge in [-0.15, -0.1) is 10.2 Å². The molecule has 1 amide bonds. The summed E-state index contributed by atoms with van der Waals surface area (Å²) in [6.07, 6.45) is 1.66. The molecule has 0 radical (unpaired) electrons. The summed E-state index contributed by atoms with van der Waals surface area (Å²) >= 11 is 1.43. The van der Waals surface area contributed by atoms with E-state index in [-0.39, 0.29) is 11.2 Å². The van der Waals surface area contributed by atoms with E-state index in [2.05, 4.69) is 27.2 Å². The number of amides is 1. The molecule has 7 nitrogen and oxygen atoms in total. The fourth-order valence-electron chi connectivity index (χ4n) is 3.53. The van der Waals surface area contributed by atoms with Crippen molar-refractivity contribution in [3.8, 4) is 11.4 Å². The van der Waals surface area contributed by atoms with Crippen LogP contribution in [0.1, 0.15) is 6.92 Å². The number of nitrogens with zero attached hydrogens (tertiary/aromatic N) is 5. The molecule has 0 aliphatic carbocycles. The highest BCUT2D eigenvalue weighted by Gasteiger charge is 2.27. The van der Waals surface area contributed by atoms with Gasteiger partial charge in [0.25, 0.3) is 0 Å². The van der Waals surface area contributed by atoms with Crippen LogP contribution in [0.5, 0.6) is 5.75 Å². The number of aromatic nitrogens is 3. The summed E-state index contributed by atoms with van der Waals surface area (Å²) in [4.78, 5) is 17.3. The Morgan fingerprint density at radius 3 is 2.50 bits per heavy atom. The van der Waals surface area contributed by atoms with Crippen molar-refractivity contribution in [1.29, 1.82) is 0 Å². The first kappa shape index (κ1) is 20.3. The van der Waals surface area contributed by atoms with Crippen LogP contribution >= 0.6 is 11.8 Å². The van der Waals surface area contributed by atoms with Gasteiger partial charge in [-0.1, -0.05) is 36.0 Å². The SMILES string of the molecule is COc1cccc(-n2cnnc2S[C@H](C)C(=O)N2CCN(c3ccccc3)CC2)c1. The molecular weight excluding hydrogens is 398 g/mol.